The Morgan fingerprint density at radius 1 is 1.41 bits per heavy atom. The summed E-state index contributed by atoms with van der Waals surface area (Å²) in [5, 5.41) is 2.51. The van der Waals surface area contributed by atoms with Crippen molar-refractivity contribution in [2.75, 3.05) is 23.5 Å². The number of rotatable bonds is 5. The highest BCUT2D eigenvalue weighted by Crippen LogP contribution is 2.14. The van der Waals surface area contributed by atoms with E-state index in [1.54, 1.807) is 0 Å². The fourth-order valence-electron chi connectivity index (χ4n) is 1.76. The summed E-state index contributed by atoms with van der Waals surface area (Å²) in [6, 6.07) is 5.23. The summed E-state index contributed by atoms with van der Waals surface area (Å²) in [5.74, 6) is -0.895. The van der Waals surface area contributed by atoms with Gasteiger partial charge < -0.3 is 15.0 Å². The molecule has 0 aliphatic carbocycles. The first-order valence-corrected chi connectivity index (χ1v) is 7.72. The first-order chi connectivity index (χ1) is 10.5. The molecule has 1 fully saturated rings. The van der Waals surface area contributed by atoms with E-state index in [1.165, 1.54) is 47.9 Å². The van der Waals surface area contributed by atoms with Gasteiger partial charge in [-0.1, -0.05) is 0 Å². The summed E-state index contributed by atoms with van der Waals surface area (Å²) in [6.07, 6.45) is -1.01. The molecule has 2 rings (SSSR count). The topological polar surface area (TPSA) is 75.7 Å². The number of thioether (sulfide) groups is 1. The SMILES string of the molecule is C[C@@H](OC(=O)CN1CSCC1=O)C(=O)Nc1ccc(F)cc1. The highest BCUT2D eigenvalue weighted by Gasteiger charge is 2.25. The van der Waals surface area contributed by atoms with Gasteiger partial charge in [-0.2, -0.15) is 0 Å². The summed E-state index contributed by atoms with van der Waals surface area (Å²) in [7, 11) is 0. The molecule has 8 heteroatoms. The largest absolute Gasteiger partial charge is 0.451 e. The van der Waals surface area contributed by atoms with Crippen molar-refractivity contribution < 1.29 is 23.5 Å². The Hall–Kier alpha value is -2.09. The molecule has 1 aliphatic rings. The van der Waals surface area contributed by atoms with Crippen molar-refractivity contribution in [3.8, 4) is 0 Å². The molecule has 1 aromatic carbocycles. The number of carbonyl (C=O) groups is 3. The molecule has 1 N–H and O–H groups in total. The van der Waals surface area contributed by atoms with Gasteiger partial charge in [0.05, 0.1) is 11.6 Å². The Kier molecular flexibility index (Phi) is 5.37. The van der Waals surface area contributed by atoms with Gasteiger partial charge in [0.15, 0.2) is 6.10 Å². The standard InChI is InChI=1S/C14H15FN2O4S/c1-9(14(20)16-11-4-2-10(15)3-5-11)21-13(19)6-17-8-22-7-12(17)18/h2-5,9H,6-8H2,1H3,(H,16,20)/t9-/m1/s1. The van der Waals surface area contributed by atoms with E-state index < -0.39 is 23.8 Å². The van der Waals surface area contributed by atoms with Crippen LogP contribution in [0.4, 0.5) is 10.1 Å². The van der Waals surface area contributed by atoms with Gasteiger partial charge in [0, 0.05) is 5.69 Å². The molecule has 2 amide bonds. The van der Waals surface area contributed by atoms with Crippen molar-refractivity contribution in [3.63, 3.8) is 0 Å². The minimum Gasteiger partial charge on any atom is -0.451 e. The number of nitrogens with zero attached hydrogens (tertiary/aromatic N) is 1. The van der Waals surface area contributed by atoms with Gasteiger partial charge in [-0.15, -0.1) is 11.8 Å². The van der Waals surface area contributed by atoms with Crippen LogP contribution in [0.25, 0.3) is 0 Å². The van der Waals surface area contributed by atoms with E-state index in [-0.39, 0.29) is 12.5 Å². The predicted octanol–water partition coefficient (Wildman–Crippen LogP) is 1.23. The van der Waals surface area contributed by atoms with E-state index in [0.717, 1.165) is 0 Å². The Labute approximate surface area is 131 Å². The Balaban J connectivity index is 1.81. The smallest absolute Gasteiger partial charge is 0.326 e. The van der Waals surface area contributed by atoms with Crippen LogP contribution in [0.2, 0.25) is 0 Å². The molecular formula is C14H15FN2O4S. The number of ether oxygens (including phenoxy) is 1. The second-order valence-electron chi connectivity index (χ2n) is 4.70. The van der Waals surface area contributed by atoms with Gasteiger partial charge >= 0.3 is 5.97 Å². The number of nitrogens with one attached hydrogen (secondary N) is 1. The highest BCUT2D eigenvalue weighted by atomic mass is 32.2. The van der Waals surface area contributed by atoms with Crippen LogP contribution in [-0.4, -0.2) is 47.0 Å². The van der Waals surface area contributed by atoms with Crippen LogP contribution in [-0.2, 0) is 19.1 Å². The lowest BCUT2D eigenvalue weighted by molar-refractivity contribution is -0.155. The van der Waals surface area contributed by atoms with Crippen molar-refractivity contribution in [2.24, 2.45) is 0 Å². The molecule has 1 aliphatic heterocycles. The van der Waals surface area contributed by atoms with Crippen molar-refractivity contribution in [1.29, 1.82) is 0 Å². The third-order valence-electron chi connectivity index (χ3n) is 2.93. The molecule has 0 spiro atoms. The van der Waals surface area contributed by atoms with Crippen molar-refractivity contribution in [2.45, 2.75) is 13.0 Å². The Bertz CT molecular complexity index is 579. The molecule has 0 radical (unpaired) electrons. The fraction of sp³-hybridized carbons (Fsp3) is 0.357. The van der Waals surface area contributed by atoms with Gasteiger partial charge in [0.25, 0.3) is 5.91 Å². The monoisotopic (exact) mass is 326 g/mol. The predicted molar refractivity (Wildman–Crippen MR) is 79.6 cm³/mol. The molecule has 0 aromatic heterocycles. The normalized spacial score (nSPS) is 15.5. The van der Waals surface area contributed by atoms with E-state index in [2.05, 4.69) is 5.32 Å². The van der Waals surface area contributed by atoms with Gasteiger partial charge in [0.1, 0.15) is 12.4 Å². The number of hydrogen-bond acceptors (Lipinski definition) is 5. The summed E-state index contributed by atoms with van der Waals surface area (Å²) in [6.45, 7) is 1.26. The fourth-order valence-corrected chi connectivity index (χ4v) is 2.67. The van der Waals surface area contributed by atoms with Crippen molar-refractivity contribution in [1.82, 2.24) is 4.90 Å². The number of carbonyl (C=O) groups excluding carboxylic acids is 3. The summed E-state index contributed by atoms with van der Waals surface area (Å²) < 4.78 is 17.8. The minimum absolute atomic E-state index is 0.120. The molecule has 1 heterocycles. The maximum absolute atomic E-state index is 12.8. The van der Waals surface area contributed by atoms with E-state index in [0.29, 0.717) is 17.3 Å². The van der Waals surface area contributed by atoms with Crippen LogP contribution < -0.4 is 5.32 Å². The van der Waals surface area contributed by atoms with Crippen LogP contribution in [0, 0.1) is 5.82 Å². The van der Waals surface area contributed by atoms with Gasteiger partial charge in [-0.3, -0.25) is 14.4 Å². The molecule has 0 bridgehead atoms. The van der Waals surface area contributed by atoms with Gasteiger partial charge in [-0.05, 0) is 31.2 Å². The number of hydrogen-bond donors (Lipinski definition) is 1. The first-order valence-electron chi connectivity index (χ1n) is 6.57. The lowest BCUT2D eigenvalue weighted by Crippen LogP contribution is -2.36. The molecule has 22 heavy (non-hydrogen) atoms. The van der Waals surface area contributed by atoms with Gasteiger partial charge in [0.2, 0.25) is 5.91 Å². The summed E-state index contributed by atoms with van der Waals surface area (Å²) >= 11 is 1.42. The Morgan fingerprint density at radius 2 is 2.09 bits per heavy atom. The summed E-state index contributed by atoms with van der Waals surface area (Å²) in [5.41, 5.74) is 0.403. The zero-order valence-corrected chi connectivity index (χ0v) is 12.7. The van der Waals surface area contributed by atoms with Crippen LogP contribution in [0.1, 0.15) is 6.92 Å². The van der Waals surface area contributed by atoms with Crippen LogP contribution in [0.15, 0.2) is 24.3 Å². The van der Waals surface area contributed by atoms with Crippen molar-refractivity contribution in [3.05, 3.63) is 30.1 Å². The number of esters is 1. The third-order valence-corrected chi connectivity index (χ3v) is 3.88. The molecule has 1 atom stereocenters. The quantitative estimate of drug-likeness (QED) is 0.824. The maximum Gasteiger partial charge on any atom is 0.326 e. The number of anilines is 1. The Morgan fingerprint density at radius 3 is 2.68 bits per heavy atom. The first kappa shape index (κ1) is 16.3. The zero-order chi connectivity index (χ0) is 16.1. The van der Waals surface area contributed by atoms with E-state index >= 15 is 0 Å². The van der Waals surface area contributed by atoms with Crippen molar-refractivity contribution >= 4 is 35.2 Å². The molecule has 118 valence electrons. The molecular weight excluding hydrogens is 311 g/mol. The molecule has 1 saturated heterocycles. The molecule has 6 nitrogen and oxygen atoms in total. The van der Waals surface area contributed by atoms with Crippen LogP contribution in [0.3, 0.4) is 0 Å². The molecule has 1 aromatic rings. The number of amides is 2. The third kappa shape index (κ3) is 4.45. The maximum atomic E-state index is 12.8. The summed E-state index contributed by atoms with van der Waals surface area (Å²) in [4.78, 5) is 36.3. The molecule has 0 saturated carbocycles. The second-order valence-corrected chi connectivity index (χ2v) is 5.65. The average molecular weight is 326 g/mol. The number of benzene rings is 1. The van der Waals surface area contributed by atoms with E-state index in [1.807, 2.05) is 0 Å². The highest BCUT2D eigenvalue weighted by molar-refractivity contribution is 8.00. The van der Waals surface area contributed by atoms with E-state index in [4.69, 9.17) is 4.74 Å². The molecule has 0 unspecified atom stereocenters. The lowest BCUT2D eigenvalue weighted by atomic mass is 10.3. The zero-order valence-electron chi connectivity index (χ0n) is 11.9. The van der Waals surface area contributed by atoms with Crippen LogP contribution in [0.5, 0.6) is 0 Å². The van der Waals surface area contributed by atoms with Crippen LogP contribution >= 0.6 is 11.8 Å². The minimum atomic E-state index is -1.01. The second kappa shape index (κ2) is 7.26. The average Bonchev–Trinajstić information content (AvgIpc) is 2.86. The number of halogens is 1. The van der Waals surface area contributed by atoms with Gasteiger partial charge in [-0.25, -0.2) is 4.39 Å². The lowest BCUT2D eigenvalue weighted by Gasteiger charge is -2.17. The van der Waals surface area contributed by atoms with E-state index in [9.17, 15) is 18.8 Å².